The molecule has 0 amide bonds. The van der Waals surface area contributed by atoms with Crippen molar-refractivity contribution in [2.45, 2.75) is 57.7 Å². The highest BCUT2D eigenvalue weighted by molar-refractivity contribution is 5.78. The average molecular weight is 359 g/mol. The highest BCUT2D eigenvalue weighted by Gasteiger charge is 2.40. The van der Waals surface area contributed by atoms with E-state index in [1.165, 1.54) is 38.2 Å². The Hall–Kier alpha value is -1.46. The fourth-order valence-corrected chi connectivity index (χ4v) is 5.11. The topological polar surface area (TPSA) is 30.3 Å². The third kappa shape index (κ3) is 3.65. The van der Waals surface area contributed by atoms with Crippen LogP contribution in [0.3, 0.4) is 0 Å². The van der Waals surface area contributed by atoms with E-state index in [0.717, 1.165) is 48.6 Å². The van der Waals surface area contributed by atoms with E-state index in [-0.39, 0.29) is 5.82 Å². The van der Waals surface area contributed by atoms with Crippen LogP contribution in [0.25, 0.3) is 10.9 Å². The van der Waals surface area contributed by atoms with Gasteiger partial charge in [0.2, 0.25) is 0 Å². The summed E-state index contributed by atoms with van der Waals surface area (Å²) in [5.41, 5.74) is 0.901. The van der Waals surface area contributed by atoms with Crippen LogP contribution in [0.5, 0.6) is 0 Å². The predicted molar refractivity (Wildman–Crippen MR) is 102 cm³/mol. The van der Waals surface area contributed by atoms with Gasteiger partial charge in [-0.2, -0.15) is 5.10 Å². The maximum absolute atomic E-state index is 13.6. The van der Waals surface area contributed by atoms with Crippen molar-refractivity contribution < 1.29 is 9.13 Å². The van der Waals surface area contributed by atoms with Crippen molar-refractivity contribution in [2.75, 3.05) is 20.3 Å². The Bertz CT molecular complexity index is 732. The Morgan fingerprint density at radius 1 is 1.23 bits per heavy atom. The number of nitrogens with zero attached hydrogens (tertiary/aromatic N) is 3. The first-order valence-electron chi connectivity index (χ1n) is 9.99. The number of halogens is 1. The summed E-state index contributed by atoms with van der Waals surface area (Å²) < 4.78 is 20.8. The van der Waals surface area contributed by atoms with Crippen LogP contribution in [0.1, 0.15) is 39.0 Å². The summed E-state index contributed by atoms with van der Waals surface area (Å²) in [6.07, 6.45) is 8.38. The van der Waals surface area contributed by atoms with Crippen molar-refractivity contribution >= 4 is 10.9 Å². The number of methoxy groups -OCH3 is 1. The molecule has 4 nitrogen and oxygen atoms in total. The highest BCUT2D eigenvalue weighted by Crippen LogP contribution is 2.40. The minimum atomic E-state index is -0.192. The largest absolute Gasteiger partial charge is 0.385 e. The minimum Gasteiger partial charge on any atom is -0.385 e. The number of hydrogen-bond acceptors (Lipinski definition) is 3. The Kier molecular flexibility index (Phi) is 5.28. The maximum Gasteiger partial charge on any atom is 0.125 e. The molecule has 2 bridgehead atoms. The van der Waals surface area contributed by atoms with Crippen molar-refractivity contribution in [1.82, 2.24) is 14.7 Å². The molecule has 0 saturated carbocycles. The number of piperidine rings is 1. The van der Waals surface area contributed by atoms with Gasteiger partial charge in [-0.05, 0) is 62.1 Å². The molecule has 4 atom stereocenters. The second-order valence-corrected chi connectivity index (χ2v) is 8.34. The van der Waals surface area contributed by atoms with Gasteiger partial charge in [0.05, 0.1) is 11.7 Å². The van der Waals surface area contributed by atoms with Gasteiger partial charge in [-0.3, -0.25) is 9.58 Å². The standard InChI is InChI=1S/C21H30FN3O/c1-15(14-25-21-11-18(22)4-3-17(21)12-23-25)13-24-19-5-6-20(24)10-16(9-19)7-8-26-2/h3-4,11-12,15-16,19-20H,5-10,13-14H2,1-2H3/t15-,16?,19+,20?/m1/s1. The molecular formula is C21H30FN3O. The Balaban J connectivity index is 1.38. The van der Waals surface area contributed by atoms with E-state index in [9.17, 15) is 4.39 Å². The van der Waals surface area contributed by atoms with Gasteiger partial charge in [-0.15, -0.1) is 0 Å². The van der Waals surface area contributed by atoms with Crippen LogP contribution >= 0.6 is 0 Å². The smallest absolute Gasteiger partial charge is 0.125 e. The third-order valence-corrected chi connectivity index (χ3v) is 6.33. The van der Waals surface area contributed by atoms with Gasteiger partial charge in [-0.25, -0.2) is 4.39 Å². The van der Waals surface area contributed by atoms with Crippen molar-refractivity contribution in [3.05, 3.63) is 30.2 Å². The van der Waals surface area contributed by atoms with Crippen LogP contribution in [0.2, 0.25) is 0 Å². The number of ether oxygens (including phenoxy) is 1. The Morgan fingerprint density at radius 2 is 2.00 bits per heavy atom. The molecule has 0 spiro atoms. The lowest BCUT2D eigenvalue weighted by Crippen LogP contribution is -2.45. The van der Waals surface area contributed by atoms with Crippen LogP contribution in [0, 0.1) is 17.7 Å². The van der Waals surface area contributed by atoms with Crippen LogP contribution in [-0.2, 0) is 11.3 Å². The first kappa shape index (κ1) is 17.9. The monoisotopic (exact) mass is 359 g/mol. The van der Waals surface area contributed by atoms with Gasteiger partial charge in [0.25, 0.3) is 0 Å². The zero-order chi connectivity index (χ0) is 18.1. The van der Waals surface area contributed by atoms with Gasteiger partial charge in [0.15, 0.2) is 0 Å². The van der Waals surface area contributed by atoms with Gasteiger partial charge in [-0.1, -0.05) is 6.92 Å². The normalized spacial score (nSPS) is 27.3. The maximum atomic E-state index is 13.6. The van der Waals surface area contributed by atoms with E-state index in [2.05, 4.69) is 16.9 Å². The molecule has 2 saturated heterocycles. The molecule has 26 heavy (non-hydrogen) atoms. The molecule has 2 unspecified atom stereocenters. The molecule has 0 radical (unpaired) electrons. The average Bonchev–Trinajstić information content (AvgIpc) is 3.10. The van der Waals surface area contributed by atoms with Gasteiger partial charge in [0, 0.05) is 44.3 Å². The summed E-state index contributed by atoms with van der Waals surface area (Å²) in [6, 6.07) is 6.39. The lowest BCUT2D eigenvalue weighted by Gasteiger charge is -2.40. The van der Waals surface area contributed by atoms with Crippen LogP contribution in [0.15, 0.2) is 24.4 Å². The van der Waals surface area contributed by atoms with E-state index in [1.807, 2.05) is 16.9 Å². The van der Waals surface area contributed by atoms with Gasteiger partial charge < -0.3 is 4.74 Å². The summed E-state index contributed by atoms with van der Waals surface area (Å²) >= 11 is 0. The third-order valence-electron chi connectivity index (χ3n) is 6.33. The summed E-state index contributed by atoms with van der Waals surface area (Å²) in [4.78, 5) is 2.75. The van der Waals surface area contributed by atoms with Gasteiger partial charge in [0.1, 0.15) is 5.82 Å². The second kappa shape index (κ2) is 7.65. The summed E-state index contributed by atoms with van der Waals surface area (Å²) in [6.45, 7) is 5.14. The molecular weight excluding hydrogens is 329 g/mol. The zero-order valence-corrected chi connectivity index (χ0v) is 15.9. The number of fused-ring (bicyclic) bond motifs is 3. The lowest BCUT2D eigenvalue weighted by atomic mass is 9.88. The second-order valence-electron chi connectivity index (χ2n) is 8.34. The Labute approximate surface area is 155 Å². The predicted octanol–water partition coefficient (Wildman–Crippen LogP) is 4.09. The summed E-state index contributed by atoms with van der Waals surface area (Å²) in [7, 11) is 1.80. The van der Waals surface area contributed by atoms with E-state index in [4.69, 9.17) is 4.74 Å². The first-order chi connectivity index (χ1) is 12.6. The SMILES string of the molecule is COCCC1CC2CC[C@@H](C1)N2C[C@@H](C)Cn1ncc2ccc(F)cc21. The van der Waals surface area contributed by atoms with Crippen LogP contribution in [-0.4, -0.2) is 47.0 Å². The molecule has 5 heteroatoms. The zero-order valence-electron chi connectivity index (χ0n) is 15.9. The van der Waals surface area contributed by atoms with Crippen molar-refractivity contribution in [1.29, 1.82) is 0 Å². The van der Waals surface area contributed by atoms with E-state index in [1.54, 1.807) is 13.2 Å². The number of rotatable bonds is 7. The molecule has 3 heterocycles. The number of benzene rings is 1. The summed E-state index contributed by atoms with van der Waals surface area (Å²) in [5, 5.41) is 5.50. The first-order valence-corrected chi connectivity index (χ1v) is 9.99. The molecule has 0 N–H and O–H groups in total. The van der Waals surface area contributed by atoms with Crippen molar-refractivity contribution in [2.24, 2.45) is 11.8 Å². The lowest BCUT2D eigenvalue weighted by molar-refractivity contribution is 0.0700. The van der Waals surface area contributed by atoms with Crippen molar-refractivity contribution in [3.63, 3.8) is 0 Å². The molecule has 2 aromatic rings. The molecule has 2 aliphatic heterocycles. The van der Waals surface area contributed by atoms with Gasteiger partial charge >= 0.3 is 0 Å². The molecule has 142 valence electrons. The molecule has 0 aliphatic carbocycles. The van der Waals surface area contributed by atoms with E-state index < -0.39 is 0 Å². The molecule has 2 fully saturated rings. The summed E-state index contributed by atoms with van der Waals surface area (Å²) in [5.74, 6) is 1.14. The molecule has 1 aromatic heterocycles. The van der Waals surface area contributed by atoms with E-state index >= 15 is 0 Å². The van der Waals surface area contributed by atoms with Crippen LogP contribution < -0.4 is 0 Å². The van der Waals surface area contributed by atoms with E-state index in [0.29, 0.717) is 5.92 Å². The number of aromatic nitrogens is 2. The molecule has 4 rings (SSSR count). The fraction of sp³-hybridized carbons (Fsp3) is 0.667. The highest BCUT2D eigenvalue weighted by atomic mass is 19.1. The fourth-order valence-electron chi connectivity index (χ4n) is 5.11. The Morgan fingerprint density at radius 3 is 2.73 bits per heavy atom. The van der Waals surface area contributed by atoms with Crippen molar-refractivity contribution in [3.8, 4) is 0 Å². The van der Waals surface area contributed by atoms with Crippen LogP contribution in [0.4, 0.5) is 4.39 Å². The minimum absolute atomic E-state index is 0.192. The molecule has 2 aliphatic rings. The number of hydrogen-bond donors (Lipinski definition) is 0. The molecule has 1 aromatic carbocycles. The quantitative estimate of drug-likeness (QED) is 0.746.